The van der Waals surface area contributed by atoms with Crippen molar-refractivity contribution in [2.24, 2.45) is 11.3 Å². The Morgan fingerprint density at radius 2 is 1.74 bits per heavy atom. The molecule has 306 valence electrons. The molecule has 15 nitrogen and oxygen atoms in total. The summed E-state index contributed by atoms with van der Waals surface area (Å²) in [5, 5.41) is 15.1. The Balaban J connectivity index is 1.28. The number of benzene rings is 2. The van der Waals surface area contributed by atoms with Gasteiger partial charge in [0.2, 0.25) is 21.8 Å². The Hall–Kier alpha value is -4.99. The topological polar surface area (TPSA) is 191 Å². The summed E-state index contributed by atoms with van der Waals surface area (Å²) >= 11 is 0. The Kier molecular flexibility index (Phi) is 11.1. The fourth-order valence-corrected chi connectivity index (χ4v) is 9.38. The van der Waals surface area contributed by atoms with E-state index in [4.69, 9.17) is 19.7 Å². The third kappa shape index (κ3) is 8.51. The number of hydrogen-bond donors (Lipinski definition) is 3. The summed E-state index contributed by atoms with van der Waals surface area (Å²) in [6.07, 6.45) is 4.26. The Bertz CT molecular complexity index is 2130. The van der Waals surface area contributed by atoms with Crippen molar-refractivity contribution in [1.82, 2.24) is 35.2 Å². The highest BCUT2D eigenvalue weighted by molar-refractivity contribution is 7.91. The van der Waals surface area contributed by atoms with Crippen molar-refractivity contribution in [2.45, 2.75) is 114 Å². The highest BCUT2D eigenvalue weighted by Crippen LogP contribution is 2.47. The van der Waals surface area contributed by atoms with E-state index in [0.717, 1.165) is 36.0 Å². The predicted octanol–water partition coefficient (Wildman–Crippen LogP) is 4.52. The first-order valence-corrected chi connectivity index (χ1v) is 21.5. The van der Waals surface area contributed by atoms with E-state index in [2.05, 4.69) is 27.5 Å². The third-order valence-electron chi connectivity index (χ3n) is 11.7. The SMILES string of the molecule is CC[C@@H]1C[C@]1(NC(=O)[C@@H]1C[C@@H]2CN1C(=O)[C@H](C(C)(C)C)NC(=O)OCCCCCc1cccc(c1)-c1nn2nc1-c1ccc(OC)cc1)C(=O)NS(=O)(=O)C1CC1. The number of amides is 4. The molecular weight excluding hydrogens is 751 g/mol. The van der Waals surface area contributed by atoms with Crippen LogP contribution in [0.25, 0.3) is 22.5 Å². The number of alkyl carbamates (subject to hydrolysis) is 1. The number of aryl methyl sites for hydroxylation is 1. The van der Waals surface area contributed by atoms with E-state index in [9.17, 15) is 27.6 Å². The average molecular weight is 804 g/mol. The minimum atomic E-state index is -3.88. The molecule has 3 aromatic rings. The molecule has 3 N–H and O–H groups in total. The number of nitrogens with one attached hydrogen (secondary N) is 3. The standard InChI is InChI=1S/C41H53N7O8S/c1-6-28-23-41(28,38(51)46-57(53,54)31-18-19-31)43-36(49)32-22-29-24-47(32)37(50)35(40(2,3)4)42-39(52)56-20-9-7-8-11-25-12-10-13-27(21-25)34-33(44-48(29)45-34)26-14-16-30(55-5)17-15-26/h10,12-17,21,28-29,31-32,35H,6-9,11,18-20,22-24H2,1-5H3,(H,42,52)(H,43,49)(H,46,51)/t28-,29-,32+,35-,41-/m1/s1. The maximum absolute atomic E-state index is 14.7. The first-order valence-electron chi connectivity index (χ1n) is 20.0. The van der Waals surface area contributed by atoms with Gasteiger partial charge in [0.05, 0.1) is 25.0 Å². The van der Waals surface area contributed by atoms with Crippen LogP contribution in [-0.2, 0) is 35.6 Å². The molecule has 1 aromatic heterocycles. The molecular formula is C41H53N7O8S. The van der Waals surface area contributed by atoms with Gasteiger partial charge in [-0.05, 0) is 92.2 Å². The summed E-state index contributed by atoms with van der Waals surface area (Å²) in [6, 6.07) is 12.9. The van der Waals surface area contributed by atoms with Crippen LogP contribution < -0.4 is 20.1 Å². The van der Waals surface area contributed by atoms with E-state index in [-0.39, 0.29) is 31.9 Å². The first kappa shape index (κ1) is 40.2. The third-order valence-corrected chi connectivity index (χ3v) is 13.5. The van der Waals surface area contributed by atoms with E-state index in [1.165, 1.54) is 4.90 Å². The number of fused-ring (bicyclic) bond motifs is 8. The van der Waals surface area contributed by atoms with Crippen molar-refractivity contribution in [3.05, 3.63) is 54.1 Å². The summed E-state index contributed by atoms with van der Waals surface area (Å²) < 4.78 is 38.8. The van der Waals surface area contributed by atoms with Crippen molar-refractivity contribution in [3.63, 3.8) is 0 Å². The molecule has 6 bridgehead atoms. The number of aromatic nitrogens is 3. The van der Waals surface area contributed by atoms with Crippen molar-refractivity contribution in [1.29, 1.82) is 0 Å². The number of nitrogens with zero attached hydrogens (tertiary/aromatic N) is 4. The minimum Gasteiger partial charge on any atom is -0.497 e. The first-order chi connectivity index (χ1) is 27.1. The van der Waals surface area contributed by atoms with Gasteiger partial charge >= 0.3 is 6.09 Å². The quantitative estimate of drug-likeness (QED) is 0.292. The fraction of sp³-hybridized carbons (Fsp3) is 0.561. The van der Waals surface area contributed by atoms with Crippen LogP contribution in [0, 0.1) is 11.3 Å². The van der Waals surface area contributed by atoms with Gasteiger partial charge in [0.25, 0.3) is 5.91 Å². The largest absolute Gasteiger partial charge is 0.497 e. The molecule has 2 aliphatic carbocycles. The van der Waals surface area contributed by atoms with Gasteiger partial charge in [-0.2, -0.15) is 15.0 Å². The molecule has 0 unspecified atom stereocenters. The molecule has 2 aliphatic heterocycles. The molecule has 3 heterocycles. The Labute approximate surface area is 333 Å². The number of hydrogen-bond acceptors (Lipinski definition) is 10. The lowest BCUT2D eigenvalue weighted by molar-refractivity contribution is -0.142. The Morgan fingerprint density at radius 1 is 1.02 bits per heavy atom. The van der Waals surface area contributed by atoms with Crippen molar-refractivity contribution < 1.29 is 37.1 Å². The van der Waals surface area contributed by atoms with E-state index >= 15 is 0 Å². The molecule has 4 aliphatic rings. The van der Waals surface area contributed by atoms with Crippen LogP contribution in [0.4, 0.5) is 4.79 Å². The highest BCUT2D eigenvalue weighted by atomic mass is 32.2. The van der Waals surface area contributed by atoms with E-state index in [1.54, 1.807) is 11.9 Å². The van der Waals surface area contributed by atoms with Crippen LogP contribution in [0.3, 0.4) is 0 Å². The van der Waals surface area contributed by atoms with Crippen molar-refractivity contribution in [3.8, 4) is 28.3 Å². The van der Waals surface area contributed by atoms with E-state index in [0.29, 0.717) is 42.8 Å². The second-order valence-corrected chi connectivity index (χ2v) is 18.8. The molecule has 1 saturated heterocycles. The van der Waals surface area contributed by atoms with E-state index < -0.39 is 68.2 Å². The molecule has 2 aromatic carbocycles. The van der Waals surface area contributed by atoms with Crippen LogP contribution in [0.5, 0.6) is 5.75 Å². The van der Waals surface area contributed by atoms with Gasteiger partial charge in [-0.25, -0.2) is 13.2 Å². The molecule has 4 amide bonds. The number of rotatable bonds is 8. The smallest absolute Gasteiger partial charge is 0.407 e. The number of methoxy groups -OCH3 is 1. The maximum Gasteiger partial charge on any atom is 0.407 e. The minimum absolute atomic E-state index is 0.0168. The van der Waals surface area contributed by atoms with Gasteiger partial charge in [-0.1, -0.05) is 52.3 Å². The lowest BCUT2D eigenvalue weighted by Crippen LogP contribution is -2.60. The Morgan fingerprint density at radius 3 is 2.39 bits per heavy atom. The molecule has 7 rings (SSSR count). The molecule has 0 spiro atoms. The lowest BCUT2D eigenvalue weighted by atomic mass is 9.85. The number of carbonyl (C=O) groups excluding carboxylic acids is 4. The summed E-state index contributed by atoms with van der Waals surface area (Å²) in [5.41, 5.74) is 1.80. The summed E-state index contributed by atoms with van der Waals surface area (Å²) in [4.78, 5) is 59.1. The molecule has 5 atom stereocenters. The zero-order valence-electron chi connectivity index (χ0n) is 33.2. The predicted molar refractivity (Wildman–Crippen MR) is 211 cm³/mol. The molecule has 16 heteroatoms. The highest BCUT2D eigenvalue weighted by Gasteiger charge is 2.62. The van der Waals surface area contributed by atoms with Gasteiger partial charge in [0.15, 0.2) is 0 Å². The summed E-state index contributed by atoms with van der Waals surface area (Å²) in [6.45, 7) is 7.53. The molecule has 3 fully saturated rings. The van der Waals surface area contributed by atoms with Crippen LogP contribution >= 0.6 is 0 Å². The van der Waals surface area contributed by atoms with Gasteiger partial charge < -0.3 is 25.0 Å². The number of sulfonamides is 1. The number of ether oxygens (including phenoxy) is 2. The second-order valence-electron chi connectivity index (χ2n) is 16.9. The van der Waals surface area contributed by atoms with Crippen LogP contribution in [0.2, 0.25) is 0 Å². The number of carbonyl (C=O) groups is 4. The van der Waals surface area contributed by atoms with Crippen molar-refractivity contribution >= 4 is 33.8 Å². The monoisotopic (exact) mass is 803 g/mol. The zero-order valence-corrected chi connectivity index (χ0v) is 34.1. The van der Waals surface area contributed by atoms with E-state index in [1.807, 2.05) is 64.1 Å². The zero-order chi connectivity index (χ0) is 40.7. The van der Waals surface area contributed by atoms with Gasteiger partial charge in [0.1, 0.15) is 34.8 Å². The normalized spacial score (nSPS) is 25.6. The summed E-state index contributed by atoms with van der Waals surface area (Å²) in [7, 11) is -2.28. The molecule has 2 saturated carbocycles. The van der Waals surface area contributed by atoms with Crippen molar-refractivity contribution in [2.75, 3.05) is 20.3 Å². The van der Waals surface area contributed by atoms with Crippen LogP contribution in [0.15, 0.2) is 48.5 Å². The second kappa shape index (κ2) is 15.7. The fourth-order valence-electron chi connectivity index (χ4n) is 8.01. The van der Waals surface area contributed by atoms with Crippen LogP contribution in [0.1, 0.15) is 90.7 Å². The van der Waals surface area contributed by atoms with Gasteiger partial charge in [0, 0.05) is 24.1 Å². The maximum atomic E-state index is 14.7. The average Bonchev–Trinajstić information content (AvgIpc) is 4.07. The summed E-state index contributed by atoms with van der Waals surface area (Å²) in [5.74, 6) is -1.48. The lowest BCUT2D eigenvalue weighted by Gasteiger charge is -2.35. The molecule has 57 heavy (non-hydrogen) atoms. The van der Waals surface area contributed by atoms with Gasteiger partial charge in [-0.3, -0.25) is 19.1 Å². The van der Waals surface area contributed by atoms with Gasteiger partial charge in [-0.15, -0.1) is 0 Å². The molecule has 0 radical (unpaired) electrons. The van der Waals surface area contributed by atoms with Crippen LogP contribution in [-0.4, -0.2) is 95.3 Å². The number of cyclic esters (lactones) is 1.